The van der Waals surface area contributed by atoms with Crippen LogP contribution in [0.15, 0.2) is 24.5 Å². The first-order valence-electron chi connectivity index (χ1n) is 7.47. The molecule has 0 atom stereocenters. The molecular formula is C17H25N3S. The molecule has 0 saturated heterocycles. The lowest BCUT2D eigenvalue weighted by molar-refractivity contribution is 0.425. The average Bonchev–Trinajstić information content (AvgIpc) is 2.80. The third-order valence-electron chi connectivity index (χ3n) is 3.18. The number of hydrogen-bond donors (Lipinski definition) is 1. The van der Waals surface area contributed by atoms with Gasteiger partial charge >= 0.3 is 0 Å². The lowest BCUT2D eigenvalue weighted by atomic mass is 10.1. The largest absolute Gasteiger partial charge is 0.307 e. The van der Waals surface area contributed by atoms with Crippen LogP contribution in [0.2, 0.25) is 0 Å². The van der Waals surface area contributed by atoms with Gasteiger partial charge in [0, 0.05) is 35.8 Å². The van der Waals surface area contributed by atoms with Crippen LogP contribution >= 0.6 is 11.3 Å². The van der Waals surface area contributed by atoms with Crippen LogP contribution in [0, 0.1) is 0 Å². The molecule has 0 aliphatic rings. The predicted molar refractivity (Wildman–Crippen MR) is 89.8 cm³/mol. The highest BCUT2D eigenvalue weighted by Gasteiger charge is 2.17. The lowest BCUT2D eigenvalue weighted by Crippen LogP contribution is -2.35. The number of hydrogen-bond acceptors (Lipinski definition) is 4. The molecule has 2 heterocycles. The summed E-state index contributed by atoms with van der Waals surface area (Å²) >= 11 is 1.82. The summed E-state index contributed by atoms with van der Waals surface area (Å²) in [6, 6.07) is 4.09. The van der Waals surface area contributed by atoms with Crippen LogP contribution in [0.5, 0.6) is 0 Å². The van der Waals surface area contributed by atoms with E-state index in [9.17, 15) is 0 Å². The van der Waals surface area contributed by atoms with Crippen LogP contribution in [0.4, 0.5) is 0 Å². The number of rotatable bonds is 5. The summed E-state index contributed by atoms with van der Waals surface area (Å²) in [4.78, 5) is 10.4. The summed E-state index contributed by atoms with van der Waals surface area (Å²) in [6.45, 7) is 11.9. The fourth-order valence-electron chi connectivity index (χ4n) is 2.09. The number of thiazole rings is 1. The van der Waals surface area contributed by atoms with Gasteiger partial charge in [-0.1, -0.05) is 19.9 Å². The maximum Gasteiger partial charge on any atom is 0.0976 e. The first-order valence-corrected chi connectivity index (χ1v) is 8.29. The minimum atomic E-state index is 0.127. The van der Waals surface area contributed by atoms with Crippen molar-refractivity contribution in [2.24, 2.45) is 0 Å². The molecule has 0 amide bonds. The van der Waals surface area contributed by atoms with Gasteiger partial charge in [0.15, 0.2) is 0 Å². The fraction of sp³-hybridized carbons (Fsp3) is 0.529. The van der Waals surface area contributed by atoms with Crippen molar-refractivity contribution < 1.29 is 0 Å². The number of pyridine rings is 1. The van der Waals surface area contributed by atoms with Gasteiger partial charge in [-0.05, 0) is 38.3 Å². The summed E-state index contributed by atoms with van der Waals surface area (Å²) in [7, 11) is 0. The van der Waals surface area contributed by atoms with Crippen molar-refractivity contribution in [3.63, 3.8) is 0 Å². The van der Waals surface area contributed by atoms with Crippen molar-refractivity contribution in [2.45, 2.75) is 59.0 Å². The molecule has 4 heteroatoms. The molecule has 3 nitrogen and oxygen atoms in total. The van der Waals surface area contributed by atoms with E-state index >= 15 is 0 Å². The molecule has 114 valence electrons. The van der Waals surface area contributed by atoms with Gasteiger partial charge in [0.2, 0.25) is 0 Å². The highest BCUT2D eigenvalue weighted by atomic mass is 32.1. The second-order valence-electron chi connectivity index (χ2n) is 6.71. The van der Waals surface area contributed by atoms with E-state index in [4.69, 9.17) is 4.98 Å². The van der Waals surface area contributed by atoms with Crippen LogP contribution in [0.25, 0.3) is 0 Å². The first-order chi connectivity index (χ1) is 9.85. The lowest BCUT2D eigenvalue weighted by Gasteiger charge is -2.20. The fourth-order valence-corrected chi connectivity index (χ4v) is 3.29. The summed E-state index contributed by atoms with van der Waals surface area (Å²) in [5, 5.41) is 4.75. The molecule has 0 bridgehead atoms. The van der Waals surface area contributed by atoms with Crippen LogP contribution in [0.3, 0.4) is 0 Å². The zero-order valence-electron chi connectivity index (χ0n) is 13.6. The smallest absolute Gasteiger partial charge is 0.0976 e. The Balaban J connectivity index is 2.17. The van der Waals surface area contributed by atoms with E-state index in [-0.39, 0.29) is 5.54 Å². The molecule has 0 fully saturated rings. The highest BCUT2D eigenvalue weighted by Crippen LogP contribution is 2.27. The maximum absolute atomic E-state index is 4.86. The van der Waals surface area contributed by atoms with Gasteiger partial charge in [-0.2, -0.15) is 0 Å². The van der Waals surface area contributed by atoms with Gasteiger partial charge < -0.3 is 5.32 Å². The second kappa shape index (κ2) is 6.67. The van der Waals surface area contributed by atoms with Gasteiger partial charge in [0.1, 0.15) is 0 Å². The van der Waals surface area contributed by atoms with Crippen LogP contribution in [-0.4, -0.2) is 15.5 Å². The highest BCUT2D eigenvalue weighted by molar-refractivity contribution is 7.11. The van der Waals surface area contributed by atoms with Crippen molar-refractivity contribution in [3.8, 4) is 0 Å². The minimum absolute atomic E-state index is 0.127. The molecule has 2 rings (SSSR count). The van der Waals surface area contributed by atoms with E-state index in [0.29, 0.717) is 5.92 Å². The Morgan fingerprint density at radius 3 is 2.62 bits per heavy atom. The monoisotopic (exact) mass is 303 g/mol. The molecule has 0 spiro atoms. The topological polar surface area (TPSA) is 37.8 Å². The Morgan fingerprint density at radius 1 is 1.29 bits per heavy atom. The molecule has 0 saturated carbocycles. The summed E-state index contributed by atoms with van der Waals surface area (Å²) < 4.78 is 0. The van der Waals surface area contributed by atoms with Crippen molar-refractivity contribution in [1.29, 1.82) is 0 Å². The van der Waals surface area contributed by atoms with Crippen LogP contribution < -0.4 is 5.32 Å². The summed E-state index contributed by atoms with van der Waals surface area (Å²) in [5.41, 5.74) is 2.58. The van der Waals surface area contributed by atoms with Gasteiger partial charge in [0.05, 0.1) is 10.7 Å². The summed E-state index contributed by atoms with van der Waals surface area (Å²) in [5.74, 6) is 0.459. The van der Waals surface area contributed by atoms with E-state index in [0.717, 1.165) is 13.0 Å². The Bertz CT molecular complexity index is 567. The van der Waals surface area contributed by atoms with Crippen LogP contribution in [0.1, 0.15) is 61.7 Å². The number of aromatic nitrogens is 2. The standard InChI is InChI=1S/C17H25N3S/c1-12(2)16-14(11-19-17(3,4)5)21-15(20-16)9-13-7-6-8-18-10-13/h6-8,10,12,19H,9,11H2,1-5H3. The van der Waals surface area contributed by atoms with Crippen molar-refractivity contribution in [3.05, 3.63) is 45.7 Å². The zero-order chi connectivity index (χ0) is 15.5. The first kappa shape index (κ1) is 16.1. The number of nitrogens with zero attached hydrogens (tertiary/aromatic N) is 2. The number of nitrogens with one attached hydrogen (secondary N) is 1. The second-order valence-corrected chi connectivity index (χ2v) is 7.88. The Labute approximate surface area is 131 Å². The molecule has 0 unspecified atom stereocenters. The van der Waals surface area contributed by atoms with Gasteiger partial charge in [-0.25, -0.2) is 4.98 Å². The third-order valence-corrected chi connectivity index (χ3v) is 4.25. The molecule has 2 aromatic heterocycles. The third kappa shape index (κ3) is 4.90. The van der Waals surface area contributed by atoms with E-state index < -0.39 is 0 Å². The molecule has 2 aromatic rings. The van der Waals surface area contributed by atoms with Gasteiger partial charge in [-0.15, -0.1) is 11.3 Å². The summed E-state index contributed by atoms with van der Waals surface area (Å²) in [6.07, 6.45) is 4.60. The SMILES string of the molecule is CC(C)c1nc(Cc2cccnc2)sc1CNC(C)(C)C. The minimum Gasteiger partial charge on any atom is -0.307 e. The Morgan fingerprint density at radius 2 is 2.05 bits per heavy atom. The molecule has 1 N–H and O–H groups in total. The average molecular weight is 303 g/mol. The zero-order valence-corrected chi connectivity index (χ0v) is 14.4. The molecular weight excluding hydrogens is 278 g/mol. The predicted octanol–water partition coefficient (Wildman–Crippen LogP) is 4.14. The molecule has 0 aromatic carbocycles. The van der Waals surface area contributed by atoms with Crippen molar-refractivity contribution in [2.75, 3.05) is 0 Å². The molecule has 0 radical (unpaired) electrons. The molecule has 0 aliphatic carbocycles. The Hall–Kier alpha value is -1.26. The Kier molecular flexibility index (Phi) is 5.12. The molecule has 21 heavy (non-hydrogen) atoms. The van der Waals surface area contributed by atoms with Crippen molar-refractivity contribution in [1.82, 2.24) is 15.3 Å². The van der Waals surface area contributed by atoms with E-state index in [1.165, 1.54) is 21.1 Å². The quantitative estimate of drug-likeness (QED) is 0.902. The van der Waals surface area contributed by atoms with E-state index in [1.807, 2.05) is 29.8 Å². The maximum atomic E-state index is 4.86. The van der Waals surface area contributed by atoms with E-state index in [2.05, 4.69) is 51.0 Å². The van der Waals surface area contributed by atoms with Crippen LogP contribution in [-0.2, 0) is 13.0 Å². The van der Waals surface area contributed by atoms with Gasteiger partial charge in [-0.3, -0.25) is 4.98 Å². The molecule has 0 aliphatic heterocycles. The normalized spacial score (nSPS) is 12.1. The van der Waals surface area contributed by atoms with E-state index in [1.54, 1.807) is 0 Å². The van der Waals surface area contributed by atoms with Gasteiger partial charge in [0.25, 0.3) is 0 Å². The van der Waals surface area contributed by atoms with Crippen molar-refractivity contribution >= 4 is 11.3 Å².